The van der Waals surface area contributed by atoms with E-state index in [1.807, 2.05) is 30.3 Å². The van der Waals surface area contributed by atoms with Gasteiger partial charge in [0.15, 0.2) is 0 Å². The number of aromatic nitrogens is 2. The molecule has 1 atom stereocenters. The minimum atomic E-state index is 0.519. The molecule has 1 N–H and O–H groups in total. The third-order valence-corrected chi connectivity index (χ3v) is 3.31. The van der Waals surface area contributed by atoms with Crippen LogP contribution >= 0.6 is 0 Å². The lowest BCUT2D eigenvalue weighted by Crippen LogP contribution is -2.48. The van der Waals surface area contributed by atoms with E-state index < -0.39 is 0 Å². The lowest BCUT2D eigenvalue weighted by Gasteiger charge is -2.30. The van der Waals surface area contributed by atoms with Crippen LogP contribution in [0.15, 0.2) is 34.9 Å². The van der Waals surface area contributed by atoms with Crippen LogP contribution in [0.4, 0.5) is 0 Å². The Morgan fingerprint density at radius 1 is 1.37 bits per heavy atom. The van der Waals surface area contributed by atoms with Gasteiger partial charge in [0.25, 0.3) is 0 Å². The maximum atomic E-state index is 5.33. The van der Waals surface area contributed by atoms with Crippen LogP contribution < -0.4 is 5.32 Å². The molecule has 1 aromatic carbocycles. The van der Waals surface area contributed by atoms with Crippen molar-refractivity contribution in [2.45, 2.75) is 19.5 Å². The van der Waals surface area contributed by atoms with E-state index in [-0.39, 0.29) is 0 Å². The zero-order valence-electron chi connectivity index (χ0n) is 11.0. The molecule has 3 rings (SSSR count). The predicted octanol–water partition coefficient (Wildman–Crippen LogP) is 1.53. The minimum Gasteiger partial charge on any atom is -0.338 e. The Bertz CT molecular complexity index is 525. The molecular weight excluding hydrogens is 240 g/mol. The van der Waals surface area contributed by atoms with Gasteiger partial charge >= 0.3 is 0 Å². The summed E-state index contributed by atoms with van der Waals surface area (Å²) in [5.74, 6) is 1.35. The smallest absolute Gasteiger partial charge is 0.241 e. The SMILES string of the molecule is C[C@@H]1CN(Cc2nc(-c3ccccc3)no2)CCN1. The van der Waals surface area contributed by atoms with Crippen LogP contribution in [-0.2, 0) is 6.54 Å². The van der Waals surface area contributed by atoms with E-state index in [1.165, 1.54) is 0 Å². The van der Waals surface area contributed by atoms with E-state index in [9.17, 15) is 0 Å². The number of nitrogens with one attached hydrogen (secondary N) is 1. The summed E-state index contributed by atoms with van der Waals surface area (Å²) in [6, 6.07) is 10.4. The van der Waals surface area contributed by atoms with Gasteiger partial charge in [-0.15, -0.1) is 0 Å². The van der Waals surface area contributed by atoms with Crippen LogP contribution in [0.25, 0.3) is 11.4 Å². The van der Waals surface area contributed by atoms with Gasteiger partial charge in [-0.05, 0) is 6.92 Å². The minimum absolute atomic E-state index is 0.519. The highest BCUT2D eigenvalue weighted by Gasteiger charge is 2.18. The van der Waals surface area contributed by atoms with E-state index >= 15 is 0 Å². The van der Waals surface area contributed by atoms with E-state index in [4.69, 9.17) is 4.52 Å². The zero-order chi connectivity index (χ0) is 13.1. The maximum absolute atomic E-state index is 5.33. The Balaban J connectivity index is 1.68. The highest BCUT2D eigenvalue weighted by atomic mass is 16.5. The Hall–Kier alpha value is -1.72. The molecule has 1 aromatic heterocycles. The first-order valence-corrected chi connectivity index (χ1v) is 6.65. The van der Waals surface area contributed by atoms with Crippen LogP contribution in [0.1, 0.15) is 12.8 Å². The summed E-state index contributed by atoms with van der Waals surface area (Å²) in [6.07, 6.45) is 0. The molecule has 1 aliphatic rings. The quantitative estimate of drug-likeness (QED) is 0.905. The van der Waals surface area contributed by atoms with Crippen LogP contribution in [0.2, 0.25) is 0 Å². The highest BCUT2D eigenvalue weighted by molar-refractivity contribution is 5.53. The average molecular weight is 258 g/mol. The van der Waals surface area contributed by atoms with Gasteiger partial charge in [0.1, 0.15) is 0 Å². The van der Waals surface area contributed by atoms with E-state index in [2.05, 4.69) is 27.3 Å². The molecule has 0 aliphatic carbocycles. The van der Waals surface area contributed by atoms with Crippen LogP contribution in [0.5, 0.6) is 0 Å². The summed E-state index contributed by atoms with van der Waals surface area (Å²) in [5, 5.41) is 7.46. The Labute approximate surface area is 112 Å². The topological polar surface area (TPSA) is 54.2 Å². The first-order chi connectivity index (χ1) is 9.31. The van der Waals surface area contributed by atoms with Gasteiger partial charge in [0.05, 0.1) is 6.54 Å². The molecule has 0 saturated carbocycles. The number of hydrogen-bond donors (Lipinski definition) is 1. The molecule has 0 bridgehead atoms. The third-order valence-electron chi connectivity index (χ3n) is 3.31. The summed E-state index contributed by atoms with van der Waals surface area (Å²) >= 11 is 0. The first-order valence-electron chi connectivity index (χ1n) is 6.65. The maximum Gasteiger partial charge on any atom is 0.241 e. The van der Waals surface area contributed by atoms with Crippen molar-refractivity contribution in [2.24, 2.45) is 0 Å². The highest BCUT2D eigenvalue weighted by Crippen LogP contribution is 2.15. The van der Waals surface area contributed by atoms with Crippen molar-refractivity contribution in [3.63, 3.8) is 0 Å². The van der Waals surface area contributed by atoms with E-state index in [0.717, 1.165) is 31.7 Å². The van der Waals surface area contributed by atoms with Crippen molar-refractivity contribution in [1.82, 2.24) is 20.4 Å². The van der Waals surface area contributed by atoms with Gasteiger partial charge in [-0.1, -0.05) is 35.5 Å². The fraction of sp³-hybridized carbons (Fsp3) is 0.429. The van der Waals surface area contributed by atoms with Crippen LogP contribution in [0.3, 0.4) is 0 Å². The van der Waals surface area contributed by atoms with Crippen molar-refractivity contribution < 1.29 is 4.52 Å². The Morgan fingerprint density at radius 2 is 2.21 bits per heavy atom. The van der Waals surface area contributed by atoms with Crippen molar-refractivity contribution >= 4 is 0 Å². The van der Waals surface area contributed by atoms with Gasteiger partial charge in [-0.2, -0.15) is 4.98 Å². The normalized spacial score (nSPS) is 20.6. The Morgan fingerprint density at radius 3 is 3.00 bits per heavy atom. The zero-order valence-corrected chi connectivity index (χ0v) is 11.0. The summed E-state index contributed by atoms with van der Waals surface area (Å²) < 4.78 is 5.33. The van der Waals surface area contributed by atoms with Crippen molar-refractivity contribution in [1.29, 1.82) is 0 Å². The van der Waals surface area contributed by atoms with Gasteiger partial charge in [-0.3, -0.25) is 4.90 Å². The second-order valence-electron chi connectivity index (χ2n) is 4.97. The van der Waals surface area contributed by atoms with E-state index in [0.29, 0.717) is 17.8 Å². The fourth-order valence-corrected chi connectivity index (χ4v) is 2.37. The molecule has 1 aliphatic heterocycles. The molecular formula is C14H18N4O. The number of hydrogen-bond acceptors (Lipinski definition) is 5. The molecule has 2 heterocycles. The summed E-state index contributed by atoms with van der Waals surface area (Å²) in [4.78, 5) is 6.80. The van der Waals surface area contributed by atoms with Crippen molar-refractivity contribution in [3.8, 4) is 11.4 Å². The van der Waals surface area contributed by atoms with Gasteiger partial charge in [0, 0.05) is 31.2 Å². The number of nitrogens with zero attached hydrogens (tertiary/aromatic N) is 3. The van der Waals surface area contributed by atoms with Crippen LogP contribution in [-0.4, -0.2) is 40.7 Å². The predicted molar refractivity (Wildman–Crippen MR) is 72.5 cm³/mol. The second kappa shape index (κ2) is 5.50. The lowest BCUT2D eigenvalue weighted by molar-refractivity contribution is 0.177. The van der Waals surface area contributed by atoms with Gasteiger partial charge in [0.2, 0.25) is 11.7 Å². The second-order valence-corrected chi connectivity index (χ2v) is 4.97. The van der Waals surface area contributed by atoms with E-state index in [1.54, 1.807) is 0 Å². The number of benzene rings is 1. The summed E-state index contributed by atoms with van der Waals surface area (Å²) in [7, 11) is 0. The summed E-state index contributed by atoms with van der Waals surface area (Å²) in [5.41, 5.74) is 0.992. The molecule has 1 saturated heterocycles. The molecule has 1 fully saturated rings. The van der Waals surface area contributed by atoms with Gasteiger partial charge in [-0.25, -0.2) is 0 Å². The molecule has 2 aromatic rings. The number of piperazine rings is 1. The summed E-state index contributed by atoms with van der Waals surface area (Å²) in [6.45, 7) is 5.97. The molecule has 0 amide bonds. The molecule has 5 nitrogen and oxygen atoms in total. The van der Waals surface area contributed by atoms with Crippen LogP contribution in [0, 0.1) is 0 Å². The molecule has 5 heteroatoms. The number of rotatable bonds is 3. The van der Waals surface area contributed by atoms with Gasteiger partial charge < -0.3 is 9.84 Å². The fourth-order valence-electron chi connectivity index (χ4n) is 2.37. The largest absolute Gasteiger partial charge is 0.338 e. The monoisotopic (exact) mass is 258 g/mol. The average Bonchev–Trinajstić information content (AvgIpc) is 2.88. The third kappa shape index (κ3) is 3.00. The standard InChI is InChI=1S/C14H18N4O/c1-11-9-18(8-7-15-11)10-13-16-14(17-19-13)12-5-3-2-4-6-12/h2-6,11,15H,7-10H2,1H3/t11-/m1/s1. The molecule has 0 spiro atoms. The lowest BCUT2D eigenvalue weighted by atomic mass is 10.2. The molecule has 0 radical (unpaired) electrons. The van der Waals surface area contributed by atoms with Crippen molar-refractivity contribution in [2.75, 3.05) is 19.6 Å². The molecule has 0 unspecified atom stereocenters. The van der Waals surface area contributed by atoms with Crippen molar-refractivity contribution in [3.05, 3.63) is 36.2 Å². The molecule has 100 valence electrons. The molecule has 19 heavy (non-hydrogen) atoms. The Kier molecular flexibility index (Phi) is 3.57. The first kappa shape index (κ1) is 12.3.